The summed E-state index contributed by atoms with van der Waals surface area (Å²) >= 11 is 0. The van der Waals surface area contributed by atoms with Gasteiger partial charge in [-0.3, -0.25) is 14.6 Å². The standard InChI is InChI=1S/C17H16F3N3O2/c1-10(2)22-15(24)11-7-8-21-14(9-11)16(25)23-13-5-3-12(4-6-13)17(18,19)20/h3-10H,1-2H3,(H,22,24)(H,23,25). The summed E-state index contributed by atoms with van der Waals surface area (Å²) in [6, 6.07) is 6.76. The highest BCUT2D eigenvalue weighted by atomic mass is 19.4. The molecule has 1 heterocycles. The average Bonchev–Trinajstić information content (AvgIpc) is 2.54. The first-order chi connectivity index (χ1) is 11.7. The van der Waals surface area contributed by atoms with Crippen LogP contribution in [-0.4, -0.2) is 22.8 Å². The Morgan fingerprint density at radius 1 is 1.04 bits per heavy atom. The van der Waals surface area contributed by atoms with Crippen molar-refractivity contribution in [2.24, 2.45) is 0 Å². The number of carbonyl (C=O) groups is 2. The number of pyridine rings is 1. The Hall–Kier alpha value is -2.90. The van der Waals surface area contributed by atoms with Gasteiger partial charge in [-0.25, -0.2) is 0 Å². The molecule has 0 saturated heterocycles. The maximum absolute atomic E-state index is 12.5. The zero-order valence-electron chi connectivity index (χ0n) is 13.5. The number of hydrogen-bond acceptors (Lipinski definition) is 3. The summed E-state index contributed by atoms with van der Waals surface area (Å²) in [4.78, 5) is 28.0. The van der Waals surface area contributed by atoms with Gasteiger partial charge in [0.05, 0.1) is 5.56 Å². The Kier molecular flexibility index (Phi) is 5.41. The molecular weight excluding hydrogens is 335 g/mol. The molecule has 2 N–H and O–H groups in total. The van der Waals surface area contributed by atoms with E-state index < -0.39 is 17.6 Å². The fourth-order valence-corrected chi connectivity index (χ4v) is 1.98. The number of amides is 2. The summed E-state index contributed by atoms with van der Waals surface area (Å²) < 4.78 is 37.6. The highest BCUT2D eigenvalue weighted by Gasteiger charge is 2.30. The summed E-state index contributed by atoms with van der Waals surface area (Å²) in [5.41, 5.74) is -0.370. The lowest BCUT2D eigenvalue weighted by Gasteiger charge is -2.10. The van der Waals surface area contributed by atoms with Crippen LogP contribution in [0.5, 0.6) is 0 Å². The summed E-state index contributed by atoms with van der Waals surface area (Å²) in [6.07, 6.45) is -3.13. The molecule has 25 heavy (non-hydrogen) atoms. The van der Waals surface area contributed by atoms with E-state index in [0.29, 0.717) is 0 Å². The van der Waals surface area contributed by atoms with Gasteiger partial charge < -0.3 is 10.6 Å². The Morgan fingerprint density at radius 3 is 2.24 bits per heavy atom. The van der Waals surface area contributed by atoms with Gasteiger partial charge in [-0.05, 0) is 50.2 Å². The lowest BCUT2D eigenvalue weighted by Crippen LogP contribution is -2.30. The number of alkyl halides is 3. The van der Waals surface area contributed by atoms with Crippen molar-refractivity contribution in [1.29, 1.82) is 0 Å². The van der Waals surface area contributed by atoms with Gasteiger partial charge in [0.25, 0.3) is 11.8 Å². The van der Waals surface area contributed by atoms with Crippen LogP contribution in [-0.2, 0) is 6.18 Å². The fourth-order valence-electron chi connectivity index (χ4n) is 1.98. The molecule has 0 unspecified atom stereocenters. The van der Waals surface area contributed by atoms with Crippen LogP contribution in [0.2, 0.25) is 0 Å². The molecule has 0 fully saturated rings. The molecule has 2 amide bonds. The van der Waals surface area contributed by atoms with Crippen molar-refractivity contribution in [2.45, 2.75) is 26.1 Å². The van der Waals surface area contributed by atoms with Gasteiger partial charge in [-0.2, -0.15) is 13.2 Å². The maximum atomic E-state index is 12.5. The van der Waals surface area contributed by atoms with Crippen LogP contribution in [0.1, 0.15) is 40.3 Å². The first-order valence-electron chi connectivity index (χ1n) is 7.42. The third-order valence-electron chi connectivity index (χ3n) is 3.14. The summed E-state index contributed by atoms with van der Waals surface area (Å²) in [5, 5.41) is 5.13. The minimum Gasteiger partial charge on any atom is -0.350 e. The zero-order valence-corrected chi connectivity index (χ0v) is 13.5. The molecule has 0 aliphatic carbocycles. The largest absolute Gasteiger partial charge is 0.416 e. The molecule has 132 valence electrons. The molecule has 0 radical (unpaired) electrons. The van der Waals surface area contributed by atoms with E-state index in [0.717, 1.165) is 24.3 Å². The van der Waals surface area contributed by atoms with Crippen molar-refractivity contribution in [3.8, 4) is 0 Å². The van der Waals surface area contributed by atoms with Gasteiger partial charge in [0, 0.05) is 23.5 Å². The highest BCUT2D eigenvalue weighted by molar-refractivity contribution is 6.04. The van der Waals surface area contributed by atoms with Crippen LogP contribution in [0.25, 0.3) is 0 Å². The topological polar surface area (TPSA) is 71.1 Å². The second-order valence-corrected chi connectivity index (χ2v) is 5.59. The van der Waals surface area contributed by atoms with Gasteiger partial charge in [-0.15, -0.1) is 0 Å². The lowest BCUT2D eigenvalue weighted by molar-refractivity contribution is -0.137. The van der Waals surface area contributed by atoms with Crippen LogP contribution in [0.15, 0.2) is 42.6 Å². The number of rotatable bonds is 4. The molecule has 5 nitrogen and oxygen atoms in total. The summed E-state index contributed by atoms with van der Waals surface area (Å²) in [7, 11) is 0. The molecule has 0 bridgehead atoms. The minimum atomic E-state index is -4.44. The Balaban J connectivity index is 2.12. The van der Waals surface area contributed by atoms with Crippen LogP contribution < -0.4 is 10.6 Å². The van der Waals surface area contributed by atoms with Crippen molar-refractivity contribution in [3.05, 3.63) is 59.4 Å². The normalized spacial score (nSPS) is 11.3. The van der Waals surface area contributed by atoms with Crippen LogP contribution in [0.4, 0.5) is 18.9 Å². The average molecular weight is 351 g/mol. The third-order valence-corrected chi connectivity index (χ3v) is 3.14. The van der Waals surface area contributed by atoms with Crippen molar-refractivity contribution in [1.82, 2.24) is 10.3 Å². The van der Waals surface area contributed by atoms with E-state index in [1.54, 1.807) is 13.8 Å². The van der Waals surface area contributed by atoms with Gasteiger partial charge in [0.15, 0.2) is 0 Å². The number of hydrogen-bond donors (Lipinski definition) is 2. The van der Waals surface area contributed by atoms with Crippen LogP contribution in [0, 0.1) is 0 Å². The van der Waals surface area contributed by atoms with E-state index >= 15 is 0 Å². The van der Waals surface area contributed by atoms with Crippen LogP contribution in [0.3, 0.4) is 0 Å². The molecular formula is C17H16F3N3O2. The Labute approximate surface area is 142 Å². The zero-order chi connectivity index (χ0) is 18.6. The molecule has 0 aliphatic heterocycles. The third kappa shape index (κ3) is 5.03. The minimum absolute atomic E-state index is 0.0173. The van der Waals surface area contributed by atoms with E-state index in [9.17, 15) is 22.8 Å². The SMILES string of the molecule is CC(C)NC(=O)c1ccnc(C(=O)Nc2ccc(C(F)(F)F)cc2)c1. The van der Waals surface area contributed by atoms with Gasteiger partial charge in [0.1, 0.15) is 5.69 Å². The second kappa shape index (κ2) is 7.33. The summed E-state index contributed by atoms with van der Waals surface area (Å²) in [5.74, 6) is -0.972. The van der Waals surface area contributed by atoms with Gasteiger partial charge in [0.2, 0.25) is 0 Å². The van der Waals surface area contributed by atoms with Crippen molar-refractivity contribution >= 4 is 17.5 Å². The van der Waals surface area contributed by atoms with Gasteiger partial charge in [-0.1, -0.05) is 0 Å². The lowest BCUT2D eigenvalue weighted by atomic mass is 10.2. The number of halogens is 3. The van der Waals surface area contributed by atoms with Crippen molar-refractivity contribution < 1.29 is 22.8 Å². The van der Waals surface area contributed by atoms with E-state index in [2.05, 4.69) is 15.6 Å². The molecule has 0 saturated carbocycles. The molecule has 1 aromatic heterocycles. The molecule has 2 aromatic rings. The molecule has 0 aliphatic rings. The monoisotopic (exact) mass is 351 g/mol. The second-order valence-electron chi connectivity index (χ2n) is 5.59. The van der Waals surface area contributed by atoms with Crippen molar-refractivity contribution in [3.63, 3.8) is 0 Å². The summed E-state index contributed by atoms with van der Waals surface area (Å²) in [6.45, 7) is 3.61. The van der Waals surface area contributed by atoms with E-state index in [1.165, 1.54) is 18.3 Å². The number of nitrogens with zero attached hydrogens (tertiary/aromatic N) is 1. The highest BCUT2D eigenvalue weighted by Crippen LogP contribution is 2.29. The van der Waals surface area contributed by atoms with E-state index in [-0.39, 0.29) is 28.9 Å². The van der Waals surface area contributed by atoms with Crippen molar-refractivity contribution in [2.75, 3.05) is 5.32 Å². The first-order valence-corrected chi connectivity index (χ1v) is 7.42. The van der Waals surface area contributed by atoms with E-state index in [4.69, 9.17) is 0 Å². The molecule has 0 atom stereocenters. The fraction of sp³-hybridized carbons (Fsp3) is 0.235. The number of carbonyl (C=O) groups excluding carboxylic acids is 2. The molecule has 0 spiro atoms. The number of nitrogens with one attached hydrogen (secondary N) is 2. The number of anilines is 1. The number of aromatic nitrogens is 1. The number of benzene rings is 1. The smallest absolute Gasteiger partial charge is 0.350 e. The Bertz CT molecular complexity index is 771. The molecule has 1 aromatic carbocycles. The Morgan fingerprint density at radius 2 is 1.68 bits per heavy atom. The molecule has 2 rings (SSSR count). The quantitative estimate of drug-likeness (QED) is 0.886. The first kappa shape index (κ1) is 18.4. The maximum Gasteiger partial charge on any atom is 0.416 e. The predicted octanol–water partition coefficient (Wildman–Crippen LogP) is 3.49. The van der Waals surface area contributed by atoms with E-state index in [1.807, 2.05) is 0 Å². The van der Waals surface area contributed by atoms with Crippen LogP contribution >= 0.6 is 0 Å². The van der Waals surface area contributed by atoms with Gasteiger partial charge >= 0.3 is 6.18 Å². The predicted molar refractivity (Wildman–Crippen MR) is 86.2 cm³/mol. The molecule has 8 heteroatoms.